The standard InChI is InChI=1S/C27H20BrN5O4/c1-16(2)26-31-23-10-8-18(28)13-21(23)27(34)32(26)30-15-22-20-6-4-3-5-17(20)7-11-24(22)37-25-12-9-19(14-29-25)33(35)36/h3-16H,1-2H3. The molecule has 0 saturated carbocycles. The average Bonchev–Trinajstić information content (AvgIpc) is 2.89. The van der Waals surface area contributed by atoms with Crippen LogP contribution in [0.15, 0.2) is 87.3 Å². The summed E-state index contributed by atoms with van der Waals surface area (Å²) in [5.74, 6) is 1.08. The molecular formula is C27H20BrN5O4. The van der Waals surface area contributed by atoms with Gasteiger partial charge in [-0.25, -0.2) is 9.97 Å². The van der Waals surface area contributed by atoms with E-state index in [4.69, 9.17) is 9.72 Å². The Labute approximate surface area is 219 Å². The van der Waals surface area contributed by atoms with E-state index in [1.807, 2.05) is 50.2 Å². The van der Waals surface area contributed by atoms with E-state index >= 15 is 0 Å². The third-order valence-electron chi connectivity index (χ3n) is 5.73. The summed E-state index contributed by atoms with van der Waals surface area (Å²) in [4.78, 5) is 32.6. The zero-order valence-electron chi connectivity index (χ0n) is 19.8. The van der Waals surface area contributed by atoms with Crippen molar-refractivity contribution in [3.63, 3.8) is 0 Å². The van der Waals surface area contributed by atoms with E-state index in [9.17, 15) is 14.9 Å². The van der Waals surface area contributed by atoms with E-state index in [0.29, 0.717) is 28.0 Å². The Morgan fingerprint density at radius 3 is 2.62 bits per heavy atom. The first-order chi connectivity index (χ1) is 17.8. The smallest absolute Gasteiger partial charge is 0.287 e. The van der Waals surface area contributed by atoms with Crippen LogP contribution < -0.4 is 10.3 Å². The highest BCUT2D eigenvalue weighted by Gasteiger charge is 2.15. The van der Waals surface area contributed by atoms with Gasteiger partial charge >= 0.3 is 0 Å². The maximum atomic E-state index is 13.4. The normalized spacial score (nSPS) is 11.6. The first-order valence-electron chi connectivity index (χ1n) is 11.4. The van der Waals surface area contributed by atoms with Crippen LogP contribution in [-0.4, -0.2) is 25.8 Å². The molecule has 0 bridgehead atoms. The summed E-state index contributed by atoms with van der Waals surface area (Å²) in [6.07, 6.45) is 2.71. The van der Waals surface area contributed by atoms with Gasteiger partial charge in [0.1, 0.15) is 17.8 Å². The van der Waals surface area contributed by atoms with Gasteiger partial charge in [-0.15, -0.1) is 0 Å². The van der Waals surface area contributed by atoms with Crippen molar-refractivity contribution < 1.29 is 9.66 Å². The number of halogens is 1. The minimum absolute atomic E-state index is 0.0644. The first kappa shape index (κ1) is 24.3. The highest BCUT2D eigenvalue weighted by Crippen LogP contribution is 2.30. The van der Waals surface area contributed by atoms with Crippen LogP contribution in [0, 0.1) is 10.1 Å². The third kappa shape index (κ3) is 4.83. The van der Waals surface area contributed by atoms with Crippen LogP contribution in [0.1, 0.15) is 31.2 Å². The van der Waals surface area contributed by atoms with Gasteiger partial charge in [0.2, 0.25) is 5.88 Å². The predicted molar refractivity (Wildman–Crippen MR) is 146 cm³/mol. The number of hydrogen-bond acceptors (Lipinski definition) is 7. The average molecular weight is 558 g/mol. The van der Waals surface area contributed by atoms with Gasteiger partial charge in [-0.1, -0.05) is 60.1 Å². The number of rotatable bonds is 6. The van der Waals surface area contributed by atoms with Gasteiger partial charge in [-0.05, 0) is 35.0 Å². The molecule has 184 valence electrons. The lowest BCUT2D eigenvalue weighted by atomic mass is 10.0. The molecule has 0 aliphatic carbocycles. The summed E-state index contributed by atoms with van der Waals surface area (Å²) in [5, 5.41) is 17.8. The number of pyridine rings is 1. The van der Waals surface area contributed by atoms with Crippen LogP contribution in [0.4, 0.5) is 5.69 Å². The van der Waals surface area contributed by atoms with Gasteiger partial charge in [0.15, 0.2) is 0 Å². The van der Waals surface area contributed by atoms with Gasteiger partial charge in [0.25, 0.3) is 11.2 Å². The van der Waals surface area contributed by atoms with E-state index in [1.54, 1.807) is 24.4 Å². The fraction of sp³-hybridized carbons (Fsp3) is 0.111. The van der Waals surface area contributed by atoms with Crippen LogP contribution in [0.5, 0.6) is 11.6 Å². The van der Waals surface area contributed by atoms with E-state index in [2.05, 4.69) is 26.0 Å². The number of aromatic nitrogens is 3. The molecule has 0 aliphatic rings. The monoisotopic (exact) mass is 557 g/mol. The summed E-state index contributed by atoms with van der Waals surface area (Å²) in [7, 11) is 0. The molecule has 37 heavy (non-hydrogen) atoms. The zero-order chi connectivity index (χ0) is 26.1. The van der Waals surface area contributed by atoms with Crippen LogP contribution >= 0.6 is 15.9 Å². The first-order valence-corrected chi connectivity index (χ1v) is 12.2. The van der Waals surface area contributed by atoms with E-state index in [0.717, 1.165) is 21.4 Å². The lowest BCUT2D eigenvalue weighted by Gasteiger charge is -2.13. The molecule has 2 aromatic heterocycles. The molecule has 0 saturated heterocycles. The molecular weight excluding hydrogens is 538 g/mol. The van der Waals surface area contributed by atoms with Gasteiger partial charge < -0.3 is 4.74 Å². The molecule has 0 atom stereocenters. The Balaban J connectivity index is 1.65. The molecule has 9 nitrogen and oxygen atoms in total. The fourth-order valence-corrected chi connectivity index (χ4v) is 4.28. The second-order valence-electron chi connectivity index (χ2n) is 8.56. The molecule has 0 N–H and O–H groups in total. The predicted octanol–water partition coefficient (Wildman–Crippen LogP) is 6.41. The van der Waals surface area contributed by atoms with Gasteiger partial charge in [0, 0.05) is 28.1 Å². The van der Waals surface area contributed by atoms with Crippen LogP contribution in [0.25, 0.3) is 21.7 Å². The quantitative estimate of drug-likeness (QED) is 0.135. The summed E-state index contributed by atoms with van der Waals surface area (Å²) in [6.45, 7) is 3.90. The molecule has 5 rings (SSSR count). The fourth-order valence-electron chi connectivity index (χ4n) is 3.92. The highest BCUT2D eigenvalue weighted by molar-refractivity contribution is 9.10. The van der Waals surface area contributed by atoms with Crippen LogP contribution in [0.3, 0.4) is 0 Å². The largest absolute Gasteiger partial charge is 0.438 e. The van der Waals surface area contributed by atoms with Crippen molar-refractivity contribution >= 4 is 49.5 Å². The lowest BCUT2D eigenvalue weighted by Crippen LogP contribution is -2.23. The number of benzene rings is 3. The lowest BCUT2D eigenvalue weighted by molar-refractivity contribution is -0.385. The van der Waals surface area contributed by atoms with Gasteiger partial charge in [-0.2, -0.15) is 9.78 Å². The number of fused-ring (bicyclic) bond motifs is 2. The minimum Gasteiger partial charge on any atom is -0.438 e. The maximum absolute atomic E-state index is 13.4. The van der Waals surface area contributed by atoms with Crippen LogP contribution in [0.2, 0.25) is 0 Å². The molecule has 0 unspecified atom stereocenters. The van der Waals surface area contributed by atoms with E-state index in [1.165, 1.54) is 16.8 Å². The minimum atomic E-state index is -0.523. The number of nitrogens with zero attached hydrogens (tertiary/aromatic N) is 5. The Kier molecular flexibility index (Phi) is 6.49. The molecule has 0 amide bonds. The van der Waals surface area contributed by atoms with Crippen molar-refractivity contribution in [2.45, 2.75) is 19.8 Å². The second-order valence-corrected chi connectivity index (χ2v) is 9.48. The van der Waals surface area contributed by atoms with Crippen molar-refractivity contribution in [1.29, 1.82) is 0 Å². The van der Waals surface area contributed by atoms with Crippen molar-refractivity contribution in [1.82, 2.24) is 14.6 Å². The molecule has 5 aromatic rings. The molecule has 3 aromatic carbocycles. The molecule has 10 heteroatoms. The summed E-state index contributed by atoms with van der Waals surface area (Å²) in [6, 6.07) is 19.5. The second kappa shape index (κ2) is 9.90. The Hall–Kier alpha value is -4.44. The molecule has 0 aliphatic heterocycles. The molecule has 0 radical (unpaired) electrons. The molecule has 2 heterocycles. The Morgan fingerprint density at radius 1 is 1.08 bits per heavy atom. The van der Waals surface area contributed by atoms with Crippen molar-refractivity contribution in [2.24, 2.45) is 5.10 Å². The SMILES string of the molecule is CC(C)c1nc2ccc(Br)cc2c(=O)n1N=Cc1c(Oc2ccc([N+](=O)[O-])cn2)ccc2ccccc12. The third-order valence-corrected chi connectivity index (χ3v) is 6.22. The number of ether oxygens (including phenoxy) is 1. The van der Waals surface area contributed by atoms with Crippen molar-refractivity contribution in [2.75, 3.05) is 0 Å². The number of nitro groups is 1. The Bertz CT molecular complexity index is 1750. The van der Waals surface area contributed by atoms with Crippen LogP contribution in [-0.2, 0) is 0 Å². The highest BCUT2D eigenvalue weighted by atomic mass is 79.9. The maximum Gasteiger partial charge on any atom is 0.287 e. The molecule has 0 spiro atoms. The van der Waals surface area contributed by atoms with Gasteiger partial charge in [0.05, 0.1) is 22.0 Å². The summed E-state index contributed by atoms with van der Waals surface area (Å²) < 4.78 is 8.09. The van der Waals surface area contributed by atoms with E-state index in [-0.39, 0.29) is 23.0 Å². The zero-order valence-corrected chi connectivity index (χ0v) is 21.4. The molecule has 0 fully saturated rings. The topological polar surface area (TPSA) is 113 Å². The van der Waals surface area contributed by atoms with Crippen molar-refractivity contribution in [3.05, 3.63) is 109 Å². The Morgan fingerprint density at radius 2 is 1.89 bits per heavy atom. The number of hydrogen-bond donors (Lipinski definition) is 0. The van der Waals surface area contributed by atoms with E-state index < -0.39 is 4.92 Å². The van der Waals surface area contributed by atoms with Crippen molar-refractivity contribution in [3.8, 4) is 11.6 Å². The summed E-state index contributed by atoms with van der Waals surface area (Å²) in [5.41, 5.74) is 0.797. The van der Waals surface area contributed by atoms with Gasteiger partial charge in [-0.3, -0.25) is 14.9 Å². The summed E-state index contributed by atoms with van der Waals surface area (Å²) >= 11 is 3.42.